The van der Waals surface area contributed by atoms with Gasteiger partial charge >= 0.3 is 11.9 Å². The van der Waals surface area contributed by atoms with Crippen LogP contribution in [-0.2, 0) is 77.8 Å². The first-order valence-electron chi connectivity index (χ1n) is 24.9. The molecule has 404 valence electrons. The van der Waals surface area contributed by atoms with Gasteiger partial charge in [0.15, 0.2) is 23.0 Å². The van der Waals surface area contributed by atoms with Gasteiger partial charge in [0.25, 0.3) is 0 Å². The van der Waals surface area contributed by atoms with Crippen molar-refractivity contribution in [3.05, 3.63) is 110 Å². The molecule has 0 fully saturated rings. The van der Waals surface area contributed by atoms with Crippen LogP contribution in [0.5, 0.6) is 40.2 Å². The lowest BCUT2D eigenvalue weighted by atomic mass is 9.82. The zero-order valence-corrected chi connectivity index (χ0v) is 44.4. The standard InChI is InChI=1S/C56H76N2O16/c1-57(18-14-37-28-40(31-60)43(34-63)54(70-7)51(37)44(57)24-35-22-39(30-59)42(33-62)46(26-35)66-3)16-10-20-73-49(64)12-13-50(65)74-21-11-17-58(2)19-15-38-29-48(68-5)55(71-8)56(72-9)52(38)45(58)25-36-23-41(32-61)53(69-6)47(27-36)67-4/h12-13,22-23,26-29,44-45,59-63H,10-11,14-21,24-25,30-34H2,1-9H3/q+2/b13-12-. The Balaban J connectivity index is 1.11. The predicted molar refractivity (Wildman–Crippen MR) is 274 cm³/mol. The van der Waals surface area contributed by atoms with Crippen molar-refractivity contribution in [1.29, 1.82) is 0 Å². The van der Waals surface area contributed by atoms with Crippen molar-refractivity contribution in [2.45, 2.75) is 83.6 Å². The number of fused-ring (bicyclic) bond motifs is 2. The van der Waals surface area contributed by atoms with Crippen molar-refractivity contribution in [1.82, 2.24) is 0 Å². The third-order valence-corrected chi connectivity index (χ3v) is 15.1. The fourth-order valence-corrected chi connectivity index (χ4v) is 11.2. The lowest BCUT2D eigenvalue weighted by molar-refractivity contribution is -0.941. The van der Waals surface area contributed by atoms with E-state index in [1.54, 1.807) is 35.5 Å². The van der Waals surface area contributed by atoms with Crippen molar-refractivity contribution in [2.24, 2.45) is 0 Å². The number of hydrogen-bond donors (Lipinski definition) is 5. The molecule has 0 bridgehead atoms. The molecule has 5 N–H and O–H groups in total. The van der Waals surface area contributed by atoms with Gasteiger partial charge in [-0.15, -0.1) is 0 Å². The van der Waals surface area contributed by atoms with Gasteiger partial charge in [-0.05, 0) is 57.6 Å². The van der Waals surface area contributed by atoms with E-state index < -0.39 is 11.9 Å². The normalized spacial score (nSPS) is 19.1. The Morgan fingerprint density at radius 1 is 0.500 bits per heavy atom. The smallest absolute Gasteiger partial charge is 0.331 e. The Morgan fingerprint density at radius 2 is 0.932 bits per heavy atom. The number of aliphatic hydroxyl groups excluding tert-OH is 5. The second-order valence-corrected chi connectivity index (χ2v) is 19.2. The van der Waals surface area contributed by atoms with Crippen molar-refractivity contribution in [3.8, 4) is 40.2 Å². The predicted octanol–water partition coefficient (Wildman–Crippen LogP) is 4.90. The highest BCUT2D eigenvalue weighted by atomic mass is 16.5. The summed E-state index contributed by atoms with van der Waals surface area (Å²) < 4.78 is 52.7. The fourth-order valence-electron chi connectivity index (χ4n) is 11.2. The Hall–Kier alpha value is -6.12. The van der Waals surface area contributed by atoms with E-state index in [9.17, 15) is 35.1 Å². The largest absolute Gasteiger partial charge is 0.496 e. The van der Waals surface area contributed by atoms with E-state index in [4.69, 9.17) is 42.6 Å². The highest BCUT2D eigenvalue weighted by Gasteiger charge is 2.44. The summed E-state index contributed by atoms with van der Waals surface area (Å²) in [4.78, 5) is 25.9. The molecule has 18 heteroatoms. The molecule has 0 aromatic heterocycles. The number of carbonyl (C=O) groups excluding carboxylic acids is 2. The summed E-state index contributed by atoms with van der Waals surface area (Å²) in [6.07, 6.45) is 5.53. The molecule has 2 aliphatic heterocycles. The summed E-state index contributed by atoms with van der Waals surface area (Å²) in [5, 5.41) is 51.3. The van der Waals surface area contributed by atoms with Gasteiger partial charge in [-0.1, -0.05) is 12.1 Å². The van der Waals surface area contributed by atoms with Gasteiger partial charge in [-0.3, -0.25) is 0 Å². The van der Waals surface area contributed by atoms with E-state index in [0.717, 1.165) is 58.5 Å². The van der Waals surface area contributed by atoms with Crippen molar-refractivity contribution < 1.29 is 86.7 Å². The molecule has 4 unspecified atom stereocenters. The molecule has 0 spiro atoms. The molecule has 0 radical (unpaired) electrons. The number of quaternary nitrogens is 2. The Morgan fingerprint density at radius 3 is 1.39 bits per heavy atom. The van der Waals surface area contributed by atoms with Gasteiger partial charge in [0, 0.05) is 67.4 Å². The van der Waals surface area contributed by atoms with Gasteiger partial charge in [0.1, 0.15) is 23.6 Å². The quantitative estimate of drug-likeness (QED) is 0.0245. The van der Waals surface area contributed by atoms with Crippen LogP contribution in [0.2, 0.25) is 0 Å². The Bertz CT molecular complexity index is 2410. The number of carbonyl (C=O) groups is 2. The fraction of sp³-hybridized carbons (Fsp3) is 0.500. The first-order valence-corrected chi connectivity index (χ1v) is 24.9. The molecule has 2 aliphatic rings. The summed E-state index contributed by atoms with van der Waals surface area (Å²) in [7, 11) is 15.2. The van der Waals surface area contributed by atoms with E-state index in [1.807, 2.05) is 36.4 Å². The minimum atomic E-state index is -0.683. The maximum atomic E-state index is 13.0. The van der Waals surface area contributed by atoms with Gasteiger partial charge in [-0.2, -0.15) is 0 Å². The summed E-state index contributed by atoms with van der Waals surface area (Å²) in [5.41, 5.74) is 8.50. The maximum absolute atomic E-state index is 13.0. The zero-order chi connectivity index (χ0) is 53.7. The average Bonchev–Trinajstić information content (AvgIpc) is 3.42. The first-order chi connectivity index (χ1) is 35.7. The molecule has 0 amide bonds. The number of ether oxygens (including phenoxy) is 9. The van der Waals surface area contributed by atoms with Crippen LogP contribution in [-0.4, -0.2) is 150 Å². The topological polar surface area (TPSA) is 218 Å². The van der Waals surface area contributed by atoms with Gasteiger partial charge in [0.2, 0.25) is 5.75 Å². The Labute approximate surface area is 434 Å². The zero-order valence-electron chi connectivity index (χ0n) is 44.4. The molecule has 0 saturated carbocycles. The summed E-state index contributed by atoms with van der Waals surface area (Å²) >= 11 is 0. The number of esters is 2. The number of hydrogen-bond acceptors (Lipinski definition) is 16. The first kappa shape index (κ1) is 57.2. The number of aliphatic hydroxyl groups is 5. The molecule has 18 nitrogen and oxygen atoms in total. The second-order valence-electron chi connectivity index (χ2n) is 19.2. The van der Waals surface area contributed by atoms with E-state index in [2.05, 4.69) is 14.1 Å². The SMILES string of the molecule is COc1cc(CC2c3c(cc(CO)c(CO)c3OC)CC[N+]2(C)CCCOC(=O)/C=C\C(=O)OCCC[N+]2(C)CCc3cc(OC)c(OC)c(OC)c3C2Cc2cc(CO)c(OC)c(OC)c2)cc(CO)c1CO. The molecule has 4 atom stereocenters. The van der Waals surface area contributed by atoms with Crippen LogP contribution >= 0.6 is 0 Å². The van der Waals surface area contributed by atoms with Crippen LogP contribution in [0.25, 0.3) is 0 Å². The van der Waals surface area contributed by atoms with E-state index >= 15 is 0 Å². The van der Waals surface area contributed by atoms with Crippen LogP contribution in [0, 0.1) is 0 Å². The van der Waals surface area contributed by atoms with Crippen molar-refractivity contribution in [3.63, 3.8) is 0 Å². The van der Waals surface area contributed by atoms with E-state index in [-0.39, 0.29) is 58.3 Å². The third kappa shape index (κ3) is 12.2. The molecule has 4 aromatic carbocycles. The summed E-state index contributed by atoms with van der Waals surface area (Å²) in [5.74, 6) is 2.23. The monoisotopic (exact) mass is 1030 g/mol. The van der Waals surface area contributed by atoms with Crippen molar-refractivity contribution in [2.75, 3.05) is 103 Å². The van der Waals surface area contributed by atoms with Gasteiger partial charge in [-0.25, -0.2) is 9.59 Å². The minimum absolute atomic E-state index is 0.0800. The molecule has 74 heavy (non-hydrogen) atoms. The molecule has 0 saturated heterocycles. The second kappa shape index (κ2) is 25.9. The number of nitrogens with zero attached hydrogens (tertiary/aromatic N) is 2. The van der Waals surface area contributed by atoms with Crippen LogP contribution < -0.4 is 33.2 Å². The lowest BCUT2D eigenvalue weighted by Gasteiger charge is -2.46. The highest BCUT2D eigenvalue weighted by molar-refractivity contribution is 5.91. The van der Waals surface area contributed by atoms with E-state index in [0.29, 0.717) is 129 Å². The number of likely N-dealkylation sites (N-methyl/N-ethyl adjacent to an activating group) is 2. The van der Waals surface area contributed by atoms with Crippen LogP contribution in [0.15, 0.2) is 48.6 Å². The molecule has 4 aromatic rings. The average molecular weight is 1030 g/mol. The number of rotatable bonds is 26. The summed E-state index contributed by atoms with van der Waals surface area (Å²) in [6.45, 7) is 1.42. The lowest BCUT2D eigenvalue weighted by Crippen LogP contribution is -2.53. The van der Waals surface area contributed by atoms with Crippen LogP contribution in [0.1, 0.15) is 86.1 Å². The third-order valence-electron chi connectivity index (χ3n) is 15.1. The maximum Gasteiger partial charge on any atom is 0.331 e. The van der Waals surface area contributed by atoms with Crippen LogP contribution in [0.3, 0.4) is 0 Å². The minimum Gasteiger partial charge on any atom is -0.496 e. The van der Waals surface area contributed by atoms with Crippen LogP contribution in [0.4, 0.5) is 0 Å². The van der Waals surface area contributed by atoms with Gasteiger partial charge in [0.05, 0.1) is 147 Å². The molecular weight excluding hydrogens is 957 g/mol. The number of benzene rings is 4. The number of methoxy groups -OCH3 is 7. The molecule has 6 rings (SSSR count). The molecular formula is C56H76N2O16+2. The van der Waals surface area contributed by atoms with Gasteiger partial charge < -0.3 is 77.1 Å². The molecule has 0 aliphatic carbocycles. The highest BCUT2D eigenvalue weighted by Crippen LogP contribution is 2.51. The van der Waals surface area contributed by atoms with Crippen molar-refractivity contribution >= 4 is 11.9 Å². The van der Waals surface area contributed by atoms with E-state index in [1.165, 1.54) is 14.2 Å². The summed E-state index contributed by atoms with van der Waals surface area (Å²) in [6, 6.07) is 11.1. The molecule has 2 heterocycles. The Kier molecular flexibility index (Phi) is 20.0.